The van der Waals surface area contributed by atoms with Crippen LogP contribution in [-0.4, -0.2) is 29.9 Å². The number of rotatable bonds is 5. The number of hydrogen-bond donors (Lipinski definition) is 1. The lowest BCUT2D eigenvalue weighted by Gasteiger charge is -2.26. The first-order chi connectivity index (χ1) is 9.99. The number of halogens is 2. The highest BCUT2D eigenvalue weighted by Crippen LogP contribution is 2.26. The molecule has 0 aromatic heterocycles. The van der Waals surface area contributed by atoms with E-state index in [1.807, 2.05) is 31.0 Å². The van der Waals surface area contributed by atoms with Gasteiger partial charge in [0, 0.05) is 12.6 Å². The van der Waals surface area contributed by atoms with E-state index >= 15 is 0 Å². The van der Waals surface area contributed by atoms with Crippen molar-refractivity contribution in [3.05, 3.63) is 33.8 Å². The van der Waals surface area contributed by atoms with Crippen LogP contribution in [0.3, 0.4) is 0 Å². The second-order valence-corrected chi connectivity index (χ2v) is 6.58. The summed E-state index contributed by atoms with van der Waals surface area (Å²) in [6.07, 6.45) is 4.63. The summed E-state index contributed by atoms with van der Waals surface area (Å²) in [5.74, 6) is 0.0857. The third-order valence-electron chi connectivity index (χ3n) is 4.19. The van der Waals surface area contributed by atoms with Crippen molar-refractivity contribution in [3.8, 4) is 0 Å². The van der Waals surface area contributed by atoms with E-state index in [0.29, 0.717) is 22.6 Å². The average molecular weight is 329 g/mol. The molecule has 1 fully saturated rings. The van der Waals surface area contributed by atoms with Crippen molar-refractivity contribution >= 4 is 29.1 Å². The molecule has 1 aliphatic carbocycles. The first-order valence-electron chi connectivity index (χ1n) is 7.42. The predicted octanol–water partition coefficient (Wildman–Crippen LogP) is 3.87. The molecule has 1 N–H and O–H groups in total. The summed E-state index contributed by atoms with van der Waals surface area (Å²) in [4.78, 5) is 14.3. The fourth-order valence-electron chi connectivity index (χ4n) is 2.67. The van der Waals surface area contributed by atoms with Crippen molar-refractivity contribution in [2.24, 2.45) is 0 Å². The highest BCUT2D eigenvalue weighted by molar-refractivity contribution is 6.42. The van der Waals surface area contributed by atoms with Gasteiger partial charge in [0.05, 0.1) is 16.1 Å². The first kappa shape index (κ1) is 16.6. The molecule has 1 aliphatic rings. The van der Waals surface area contributed by atoms with Gasteiger partial charge >= 0.3 is 0 Å². The Morgan fingerprint density at radius 1 is 1.38 bits per heavy atom. The second kappa shape index (κ2) is 7.48. The van der Waals surface area contributed by atoms with Gasteiger partial charge in [-0.2, -0.15) is 0 Å². The predicted molar refractivity (Wildman–Crippen MR) is 87.8 cm³/mol. The van der Waals surface area contributed by atoms with Crippen LogP contribution in [0.1, 0.15) is 38.2 Å². The van der Waals surface area contributed by atoms with Crippen molar-refractivity contribution in [1.29, 1.82) is 0 Å². The molecule has 5 heteroatoms. The maximum atomic E-state index is 12.3. The summed E-state index contributed by atoms with van der Waals surface area (Å²) < 4.78 is 0. The number of amides is 1. The van der Waals surface area contributed by atoms with Gasteiger partial charge in [0.15, 0.2) is 0 Å². The van der Waals surface area contributed by atoms with Crippen molar-refractivity contribution in [2.75, 3.05) is 7.05 Å². The molecular formula is C16H22Cl2N2O. The zero-order valence-corrected chi connectivity index (χ0v) is 14.0. The third-order valence-corrected chi connectivity index (χ3v) is 5.05. The lowest BCUT2D eigenvalue weighted by Crippen LogP contribution is -2.46. The maximum absolute atomic E-state index is 12.3. The van der Waals surface area contributed by atoms with Crippen LogP contribution in [0.25, 0.3) is 0 Å². The fourth-order valence-corrected chi connectivity index (χ4v) is 3.05. The summed E-state index contributed by atoms with van der Waals surface area (Å²) in [5.41, 5.74) is 0.937. The molecule has 1 saturated carbocycles. The Hall–Kier alpha value is -0.770. The fraction of sp³-hybridized carbons (Fsp3) is 0.562. The number of nitrogens with one attached hydrogen (secondary N) is 1. The highest BCUT2D eigenvalue weighted by atomic mass is 35.5. The Balaban J connectivity index is 1.93. The van der Waals surface area contributed by atoms with Crippen LogP contribution in [0.5, 0.6) is 0 Å². The topological polar surface area (TPSA) is 32.3 Å². The Bertz CT molecular complexity index is 501. The molecule has 0 aliphatic heterocycles. The van der Waals surface area contributed by atoms with E-state index in [4.69, 9.17) is 23.2 Å². The van der Waals surface area contributed by atoms with E-state index in [-0.39, 0.29) is 11.9 Å². The standard InChI is InChI=1S/C16H22Cl2N2O/c1-11(16(21)19-13-7-3-4-8-13)20(2)10-12-6-5-9-14(17)15(12)18/h5-6,9,11,13H,3-4,7-8,10H2,1-2H3,(H,19,21)/t11-/m1/s1. The van der Waals surface area contributed by atoms with Gasteiger partial charge in [-0.05, 0) is 38.4 Å². The minimum absolute atomic E-state index is 0.0857. The van der Waals surface area contributed by atoms with E-state index < -0.39 is 0 Å². The van der Waals surface area contributed by atoms with Gasteiger partial charge in [-0.3, -0.25) is 9.69 Å². The average Bonchev–Trinajstić information content (AvgIpc) is 2.95. The molecule has 0 spiro atoms. The molecule has 1 aromatic carbocycles. The molecule has 1 amide bonds. The Morgan fingerprint density at radius 3 is 2.71 bits per heavy atom. The third kappa shape index (κ3) is 4.35. The van der Waals surface area contributed by atoms with Crippen molar-refractivity contribution in [3.63, 3.8) is 0 Å². The first-order valence-corrected chi connectivity index (χ1v) is 8.18. The molecule has 0 saturated heterocycles. The number of nitrogens with zero attached hydrogens (tertiary/aromatic N) is 1. The quantitative estimate of drug-likeness (QED) is 0.889. The monoisotopic (exact) mass is 328 g/mol. The van der Waals surface area contributed by atoms with Gasteiger partial charge in [-0.25, -0.2) is 0 Å². The molecule has 2 rings (SSSR count). The normalized spacial score (nSPS) is 17.2. The number of carbonyl (C=O) groups excluding carboxylic acids is 1. The van der Waals surface area contributed by atoms with E-state index in [9.17, 15) is 4.79 Å². The molecular weight excluding hydrogens is 307 g/mol. The van der Waals surface area contributed by atoms with Crippen molar-refractivity contribution in [1.82, 2.24) is 10.2 Å². The zero-order valence-electron chi connectivity index (χ0n) is 12.5. The van der Waals surface area contributed by atoms with Gasteiger partial charge in [-0.15, -0.1) is 0 Å². The largest absolute Gasteiger partial charge is 0.352 e. The van der Waals surface area contributed by atoms with Crippen LogP contribution >= 0.6 is 23.2 Å². The minimum atomic E-state index is -0.194. The van der Waals surface area contributed by atoms with Gasteiger partial charge in [-0.1, -0.05) is 48.2 Å². The number of likely N-dealkylation sites (N-methyl/N-ethyl adjacent to an activating group) is 1. The summed E-state index contributed by atoms with van der Waals surface area (Å²) in [7, 11) is 1.93. The van der Waals surface area contributed by atoms with Crippen molar-refractivity contribution < 1.29 is 4.79 Å². The van der Waals surface area contributed by atoms with Crippen LogP contribution in [0, 0.1) is 0 Å². The molecule has 0 bridgehead atoms. The van der Waals surface area contributed by atoms with E-state index in [2.05, 4.69) is 5.32 Å². The van der Waals surface area contributed by atoms with E-state index in [1.165, 1.54) is 12.8 Å². The Kier molecular flexibility index (Phi) is 5.91. The van der Waals surface area contributed by atoms with Crippen LogP contribution < -0.4 is 5.32 Å². The summed E-state index contributed by atoms with van der Waals surface area (Å²) in [5, 5.41) is 4.24. The molecule has 3 nitrogen and oxygen atoms in total. The van der Waals surface area contributed by atoms with Gasteiger partial charge in [0.1, 0.15) is 0 Å². The lowest BCUT2D eigenvalue weighted by molar-refractivity contribution is -0.126. The maximum Gasteiger partial charge on any atom is 0.237 e. The lowest BCUT2D eigenvalue weighted by atomic mass is 10.1. The molecule has 21 heavy (non-hydrogen) atoms. The van der Waals surface area contributed by atoms with Gasteiger partial charge in [0.2, 0.25) is 5.91 Å². The minimum Gasteiger partial charge on any atom is -0.352 e. The van der Waals surface area contributed by atoms with Gasteiger partial charge < -0.3 is 5.32 Å². The molecule has 0 unspecified atom stereocenters. The molecule has 1 aromatic rings. The number of carbonyl (C=O) groups is 1. The Labute approximate surface area is 136 Å². The zero-order chi connectivity index (χ0) is 15.4. The van der Waals surface area contributed by atoms with Crippen LogP contribution in [0.2, 0.25) is 10.0 Å². The Morgan fingerprint density at radius 2 is 2.05 bits per heavy atom. The van der Waals surface area contributed by atoms with Crippen LogP contribution in [0.4, 0.5) is 0 Å². The second-order valence-electron chi connectivity index (χ2n) is 5.79. The summed E-state index contributed by atoms with van der Waals surface area (Å²) >= 11 is 12.2. The van der Waals surface area contributed by atoms with E-state index in [1.54, 1.807) is 6.07 Å². The number of benzene rings is 1. The smallest absolute Gasteiger partial charge is 0.237 e. The molecule has 1 atom stereocenters. The summed E-state index contributed by atoms with van der Waals surface area (Å²) in [6, 6.07) is 5.74. The van der Waals surface area contributed by atoms with Gasteiger partial charge in [0.25, 0.3) is 0 Å². The molecule has 116 valence electrons. The molecule has 0 radical (unpaired) electrons. The SMILES string of the molecule is C[C@H](C(=O)NC1CCCC1)N(C)Cc1cccc(Cl)c1Cl. The van der Waals surface area contributed by atoms with Crippen molar-refractivity contribution in [2.45, 2.75) is 51.2 Å². The molecule has 0 heterocycles. The number of hydrogen-bond acceptors (Lipinski definition) is 2. The van der Waals surface area contributed by atoms with Crippen LogP contribution in [-0.2, 0) is 11.3 Å². The van der Waals surface area contributed by atoms with Crippen LogP contribution in [0.15, 0.2) is 18.2 Å². The van der Waals surface area contributed by atoms with E-state index in [0.717, 1.165) is 18.4 Å². The summed E-state index contributed by atoms with van der Waals surface area (Å²) in [6.45, 7) is 2.52. The highest BCUT2D eigenvalue weighted by Gasteiger charge is 2.23.